The van der Waals surface area contributed by atoms with Gasteiger partial charge in [0.2, 0.25) is 0 Å². The van der Waals surface area contributed by atoms with E-state index in [0.717, 1.165) is 5.33 Å². The molecular formula is C26H35Br. The first-order valence-corrected chi connectivity index (χ1v) is 12.2. The molecular weight excluding hydrogens is 392 g/mol. The van der Waals surface area contributed by atoms with Gasteiger partial charge in [0.25, 0.3) is 0 Å². The van der Waals surface area contributed by atoms with Crippen molar-refractivity contribution in [1.82, 2.24) is 0 Å². The molecule has 146 valence electrons. The largest absolute Gasteiger partial charge is 0.0876 e. The summed E-state index contributed by atoms with van der Waals surface area (Å²) in [5.41, 5.74) is 7.93. The second kappa shape index (κ2) is 9.92. The van der Waals surface area contributed by atoms with Gasteiger partial charge in [-0.25, -0.2) is 0 Å². The number of fused-ring (bicyclic) bond motifs is 3. The predicted octanol–water partition coefficient (Wildman–Crippen LogP) is 8.79. The van der Waals surface area contributed by atoms with Gasteiger partial charge in [-0.05, 0) is 40.7 Å². The van der Waals surface area contributed by atoms with Gasteiger partial charge in [-0.15, -0.1) is 0 Å². The SMILES string of the molecule is CCCCCCC1(CCCCCC)c2ccccc2-c2cccc(CBr)c21. The highest BCUT2D eigenvalue weighted by atomic mass is 79.9. The van der Waals surface area contributed by atoms with Crippen LogP contribution in [0.25, 0.3) is 11.1 Å². The maximum Gasteiger partial charge on any atom is 0.0286 e. The molecule has 0 radical (unpaired) electrons. The Morgan fingerprint density at radius 2 is 1.33 bits per heavy atom. The molecule has 0 heterocycles. The average Bonchev–Trinajstić information content (AvgIpc) is 2.99. The van der Waals surface area contributed by atoms with Crippen LogP contribution in [0.2, 0.25) is 0 Å². The van der Waals surface area contributed by atoms with Gasteiger partial charge < -0.3 is 0 Å². The first kappa shape index (κ1) is 20.6. The number of halogens is 1. The van der Waals surface area contributed by atoms with Crippen LogP contribution in [0.1, 0.15) is 94.7 Å². The normalized spacial score (nSPS) is 14.2. The third kappa shape index (κ3) is 4.19. The monoisotopic (exact) mass is 426 g/mol. The molecule has 0 nitrogen and oxygen atoms in total. The Labute approximate surface area is 174 Å². The Hall–Kier alpha value is -1.08. The first-order chi connectivity index (χ1) is 13.3. The van der Waals surface area contributed by atoms with E-state index in [1.807, 2.05) is 0 Å². The molecule has 1 aliphatic carbocycles. The van der Waals surface area contributed by atoms with Gasteiger partial charge in [0, 0.05) is 10.7 Å². The van der Waals surface area contributed by atoms with Crippen LogP contribution < -0.4 is 0 Å². The Kier molecular flexibility index (Phi) is 7.58. The number of unbranched alkanes of at least 4 members (excludes halogenated alkanes) is 6. The third-order valence-corrected chi connectivity index (χ3v) is 7.02. The minimum atomic E-state index is 0.220. The van der Waals surface area contributed by atoms with Gasteiger partial charge in [-0.1, -0.05) is 124 Å². The molecule has 0 aliphatic heterocycles. The molecule has 1 aliphatic rings. The fourth-order valence-electron chi connectivity index (χ4n) is 5.12. The zero-order valence-corrected chi connectivity index (χ0v) is 18.8. The number of alkyl halides is 1. The summed E-state index contributed by atoms with van der Waals surface area (Å²) in [4.78, 5) is 0. The van der Waals surface area contributed by atoms with Crippen LogP contribution in [0.15, 0.2) is 42.5 Å². The highest BCUT2D eigenvalue weighted by Gasteiger charge is 2.43. The molecule has 0 atom stereocenters. The van der Waals surface area contributed by atoms with E-state index in [9.17, 15) is 0 Å². The number of hydrogen-bond donors (Lipinski definition) is 0. The lowest BCUT2D eigenvalue weighted by atomic mass is 9.69. The maximum absolute atomic E-state index is 3.79. The Balaban J connectivity index is 2.04. The summed E-state index contributed by atoms with van der Waals surface area (Å²) in [5.74, 6) is 0. The third-order valence-electron chi connectivity index (χ3n) is 6.42. The summed E-state index contributed by atoms with van der Waals surface area (Å²) < 4.78 is 0. The minimum Gasteiger partial charge on any atom is -0.0876 e. The van der Waals surface area contributed by atoms with Gasteiger partial charge >= 0.3 is 0 Å². The standard InChI is InChI=1S/C26H35Br/c1-3-5-7-11-18-26(19-12-8-6-4-2)24-17-10-9-15-22(24)23-16-13-14-21(20-27)25(23)26/h9-10,13-17H,3-8,11-12,18-20H2,1-2H3. The molecule has 0 N–H and O–H groups in total. The predicted molar refractivity (Wildman–Crippen MR) is 123 cm³/mol. The average molecular weight is 427 g/mol. The molecule has 0 fully saturated rings. The zero-order valence-electron chi connectivity index (χ0n) is 17.2. The second-order valence-electron chi connectivity index (χ2n) is 8.22. The van der Waals surface area contributed by atoms with Crippen LogP contribution in [0.5, 0.6) is 0 Å². The highest BCUT2D eigenvalue weighted by Crippen LogP contribution is 2.55. The molecule has 0 unspecified atom stereocenters. The lowest BCUT2D eigenvalue weighted by Gasteiger charge is -2.34. The van der Waals surface area contributed by atoms with E-state index in [2.05, 4.69) is 72.2 Å². The highest BCUT2D eigenvalue weighted by molar-refractivity contribution is 9.08. The molecule has 0 aromatic heterocycles. The molecule has 0 saturated carbocycles. The Morgan fingerprint density at radius 1 is 0.704 bits per heavy atom. The van der Waals surface area contributed by atoms with Crippen molar-refractivity contribution in [3.05, 3.63) is 59.2 Å². The maximum atomic E-state index is 3.79. The summed E-state index contributed by atoms with van der Waals surface area (Å²) in [6, 6.07) is 16.2. The Morgan fingerprint density at radius 3 is 1.96 bits per heavy atom. The van der Waals surface area contributed by atoms with E-state index >= 15 is 0 Å². The van der Waals surface area contributed by atoms with Crippen molar-refractivity contribution >= 4 is 15.9 Å². The molecule has 2 aromatic rings. The van der Waals surface area contributed by atoms with E-state index in [-0.39, 0.29) is 5.41 Å². The summed E-state index contributed by atoms with van der Waals surface area (Å²) in [6.07, 6.45) is 13.3. The lowest BCUT2D eigenvalue weighted by Crippen LogP contribution is -2.26. The van der Waals surface area contributed by atoms with E-state index < -0.39 is 0 Å². The van der Waals surface area contributed by atoms with Crippen molar-refractivity contribution in [2.45, 2.75) is 88.8 Å². The summed E-state index contributed by atoms with van der Waals surface area (Å²) in [6.45, 7) is 4.62. The smallest absolute Gasteiger partial charge is 0.0286 e. The van der Waals surface area contributed by atoms with Crippen LogP contribution in [0.4, 0.5) is 0 Å². The van der Waals surface area contributed by atoms with Crippen LogP contribution in [-0.2, 0) is 10.7 Å². The van der Waals surface area contributed by atoms with Gasteiger partial charge in [0.05, 0.1) is 0 Å². The number of benzene rings is 2. The molecule has 2 aromatic carbocycles. The number of hydrogen-bond acceptors (Lipinski definition) is 0. The molecule has 0 spiro atoms. The topological polar surface area (TPSA) is 0 Å². The van der Waals surface area contributed by atoms with Crippen molar-refractivity contribution in [1.29, 1.82) is 0 Å². The van der Waals surface area contributed by atoms with Crippen molar-refractivity contribution < 1.29 is 0 Å². The molecule has 0 amide bonds. The first-order valence-electron chi connectivity index (χ1n) is 11.1. The van der Waals surface area contributed by atoms with Crippen molar-refractivity contribution in [3.8, 4) is 11.1 Å². The van der Waals surface area contributed by atoms with Crippen molar-refractivity contribution in [2.75, 3.05) is 0 Å². The van der Waals surface area contributed by atoms with Crippen LogP contribution in [0.3, 0.4) is 0 Å². The molecule has 3 rings (SSSR count). The van der Waals surface area contributed by atoms with Crippen molar-refractivity contribution in [2.24, 2.45) is 0 Å². The molecule has 0 bridgehead atoms. The second-order valence-corrected chi connectivity index (χ2v) is 8.78. The van der Waals surface area contributed by atoms with Gasteiger partial charge in [-0.3, -0.25) is 0 Å². The van der Waals surface area contributed by atoms with E-state index in [1.54, 1.807) is 11.1 Å². The number of rotatable bonds is 11. The van der Waals surface area contributed by atoms with Gasteiger partial charge in [0.15, 0.2) is 0 Å². The van der Waals surface area contributed by atoms with Crippen LogP contribution in [0, 0.1) is 0 Å². The molecule has 1 heteroatoms. The summed E-state index contributed by atoms with van der Waals surface area (Å²) >= 11 is 3.79. The Bertz CT molecular complexity index is 719. The van der Waals surface area contributed by atoms with Gasteiger partial charge in [0.1, 0.15) is 0 Å². The van der Waals surface area contributed by atoms with E-state index in [0.29, 0.717) is 0 Å². The fourth-order valence-corrected chi connectivity index (χ4v) is 5.59. The van der Waals surface area contributed by atoms with Crippen molar-refractivity contribution in [3.63, 3.8) is 0 Å². The van der Waals surface area contributed by atoms with E-state index in [1.165, 1.54) is 80.9 Å². The minimum absolute atomic E-state index is 0.220. The molecule has 27 heavy (non-hydrogen) atoms. The van der Waals surface area contributed by atoms with Crippen LogP contribution in [-0.4, -0.2) is 0 Å². The summed E-state index contributed by atoms with van der Waals surface area (Å²) in [7, 11) is 0. The molecule has 0 saturated heterocycles. The lowest BCUT2D eigenvalue weighted by molar-refractivity contribution is 0.399. The zero-order chi connectivity index (χ0) is 19.1. The fraction of sp³-hybridized carbons (Fsp3) is 0.538. The quantitative estimate of drug-likeness (QED) is 0.248. The van der Waals surface area contributed by atoms with E-state index in [4.69, 9.17) is 0 Å². The van der Waals surface area contributed by atoms with Crippen LogP contribution >= 0.6 is 15.9 Å². The summed E-state index contributed by atoms with van der Waals surface area (Å²) in [5, 5.41) is 0.954. The van der Waals surface area contributed by atoms with Gasteiger partial charge in [-0.2, -0.15) is 0 Å².